The maximum atomic E-state index is 13.3. The van der Waals surface area contributed by atoms with E-state index in [4.69, 9.17) is 16.6 Å². The van der Waals surface area contributed by atoms with Crippen LogP contribution >= 0.6 is 23.4 Å². The van der Waals surface area contributed by atoms with Crippen LogP contribution in [0.1, 0.15) is 52.9 Å². The van der Waals surface area contributed by atoms with Gasteiger partial charge in [0.05, 0.1) is 16.3 Å². The van der Waals surface area contributed by atoms with Crippen molar-refractivity contribution in [3.05, 3.63) is 117 Å². The Morgan fingerprint density at radius 1 is 1.00 bits per heavy atom. The van der Waals surface area contributed by atoms with Gasteiger partial charge in [0.15, 0.2) is 0 Å². The van der Waals surface area contributed by atoms with Gasteiger partial charge in [-0.15, -0.1) is 0 Å². The van der Waals surface area contributed by atoms with E-state index >= 15 is 0 Å². The number of hydrogen-bond donors (Lipinski definition) is 2. The summed E-state index contributed by atoms with van der Waals surface area (Å²) in [5, 5.41) is 7.52. The minimum Gasteiger partial charge on any atom is -0.355 e. The molecule has 1 unspecified atom stereocenters. The molecule has 2 aliphatic rings. The minimum absolute atomic E-state index is 0.00208. The van der Waals surface area contributed by atoms with E-state index in [0.29, 0.717) is 28.3 Å². The van der Waals surface area contributed by atoms with Crippen molar-refractivity contribution in [2.24, 2.45) is 10.9 Å². The molecule has 2 aliphatic heterocycles. The minimum atomic E-state index is -0.519. The Balaban J connectivity index is 1.42. The van der Waals surface area contributed by atoms with Gasteiger partial charge in [-0.3, -0.25) is 9.59 Å². The molecule has 0 radical (unpaired) electrons. The van der Waals surface area contributed by atoms with Gasteiger partial charge in [-0.2, -0.15) is 0 Å². The summed E-state index contributed by atoms with van der Waals surface area (Å²) in [6, 6.07) is 23.1. The van der Waals surface area contributed by atoms with Crippen LogP contribution < -0.4 is 10.6 Å². The summed E-state index contributed by atoms with van der Waals surface area (Å²) >= 11 is 7.70. The Kier molecular flexibility index (Phi) is 7.52. The largest absolute Gasteiger partial charge is 0.355 e. The molecule has 7 heteroatoms. The second-order valence-corrected chi connectivity index (χ2v) is 11.8. The van der Waals surface area contributed by atoms with Crippen LogP contribution in [0.5, 0.6) is 0 Å². The highest BCUT2D eigenvalue weighted by atomic mass is 35.5. The summed E-state index contributed by atoms with van der Waals surface area (Å²) < 4.78 is 0. The van der Waals surface area contributed by atoms with Gasteiger partial charge in [0, 0.05) is 39.6 Å². The van der Waals surface area contributed by atoms with E-state index in [-0.39, 0.29) is 17.7 Å². The van der Waals surface area contributed by atoms with Crippen LogP contribution in [0.3, 0.4) is 0 Å². The molecular weight excluding hydrogens is 526 g/mol. The zero-order valence-electron chi connectivity index (χ0n) is 22.3. The molecular formula is C32H30ClN3O2S. The monoisotopic (exact) mass is 555 g/mol. The quantitative estimate of drug-likeness (QED) is 0.345. The number of carbonyl (C=O) groups is 2. The zero-order chi connectivity index (χ0) is 27.7. The summed E-state index contributed by atoms with van der Waals surface area (Å²) in [7, 11) is 1.64. The van der Waals surface area contributed by atoms with Crippen LogP contribution in [0.25, 0.3) is 10.6 Å². The standard InChI is InChI=1S/C32H30ClN3O2S/c1-19-10-11-21(29(37)36-32(2,3)23-8-6-5-7-9-23)16-25(19)27-18-22-17-26(30(38)34-4)28(35-31(22)39-27)20-12-14-24(33)15-13-20/h5-16,18,22H,17H2,1-4H3,(H,34,38)(H,36,37). The van der Waals surface area contributed by atoms with Crippen molar-refractivity contribution in [2.45, 2.75) is 32.7 Å². The number of allylic oxidation sites excluding steroid dienone is 1. The normalized spacial score (nSPS) is 16.8. The van der Waals surface area contributed by atoms with Crippen LogP contribution in [-0.4, -0.2) is 23.9 Å². The number of nitrogens with zero attached hydrogens (tertiary/aromatic N) is 1. The molecule has 0 aliphatic carbocycles. The number of aryl methyl sites for hydroxylation is 1. The number of benzene rings is 3. The Hall–Kier alpha value is -3.61. The van der Waals surface area contributed by atoms with E-state index in [2.05, 4.69) is 16.7 Å². The molecule has 2 heterocycles. The van der Waals surface area contributed by atoms with Crippen molar-refractivity contribution in [1.29, 1.82) is 0 Å². The number of amides is 2. The number of aliphatic imine (C=N–C) groups is 1. The first kappa shape index (κ1) is 27.0. The summed E-state index contributed by atoms with van der Waals surface area (Å²) in [5.41, 5.74) is 5.37. The molecule has 0 aromatic heterocycles. The summed E-state index contributed by atoms with van der Waals surface area (Å²) in [5.74, 6) is -0.259. The van der Waals surface area contributed by atoms with Crippen molar-refractivity contribution >= 4 is 50.8 Å². The molecule has 39 heavy (non-hydrogen) atoms. The molecule has 5 nitrogen and oxygen atoms in total. The Morgan fingerprint density at radius 2 is 1.72 bits per heavy atom. The number of fused-ring (bicyclic) bond motifs is 1. The maximum absolute atomic E-state index is 13.3. The SMILES string of the molecule is CNC(=O)C1=C(c2ccc(Cl)cc2)N=C2SC(c3cc(C(=O)NC(C)(C)c4ccccc4)ccc3C)=CC2C1. The van der Waals surface area contributed by atoms with Gasteiger partial charge in [0.2, 0.25) is 5.91 Å². The lowest BCUT2D eigenvalue weighted by Crippen LogP contribution is -2.41. The predicted octanol–water partition coefficient (Wildman–Crippen LogP) is 6.98. The fourth-order valence-corrected chi connectivity index (χ4v) is 6.23. The number of nitrogens with one attached hydrogen (secondary N) is 2. The third-order valence-electron chi connectivity index (χ3n) is 7.12. The van der Waals surface area contributed by atoms with Crippen LogP contribution in [0.4, 0.5) is 0 Å². The molecule has 0 fully saturated rings. The Bertz CT molecular complexity index is 1540. The molecule has 2 amide bonds. The number of thioether (sulfide) groups is 1. The molecule has 3 aromatic carbocycles. The van der Waals surface area contributed by atoms with Gasteiger partial charge >= 0.3 is 0 Å². The number of halogens is 1. The van der Waals surface area contributed by atoms with E-state index in [9.17, 15) is 9.59 Å². The second kappa shape index (κ2) is 10.9. The highest BCUT2D eigenvalue weighted by Gasteiger charge is 2.33. The van der Waals surface area contributed by atoms with Gasteiger partial charge in [-0.25, -0.2) is 4.99 Å². The van der Waals surface area contributed by atoms with E-state index < -0.39 is 5.54 Å². The van der Waals surface area contributed by atoms with Crippen molar-refractivity contribution in [3.63, 3.8) is 0 Å². The smallest absolute Gasteiger partial charge is 0.251 e. The van der Waals surface area contributed by atoms with Crippen LogP contribution in [0.2, 0.25) is 5.02 Å². The Labute approximate surface area is 238 Å². The number of rotatable bonds is 6. The molecule has 2 N–H and O–H groups in total. The Morgan fingerprint density at radius 3 is 2.41 bits per heavy atom. The first-order valence-corrected chi connectivity index (χ1v) is 14.0. The number of likely N-dealkylation sites (N-methyl/N-ethyl adjacent to an activating group) is 1. The number of carbonyl (C=O) groups excluding carboxylic acids is 2. The van der Waals surface area contributed by atoms with Crippen molar-refractivity contribution < 1.29 is 9.59 Å². The van der Waals surface area contributed by atoms with Gasteiger partial charge in [0.25, 0.3) is 5.91 Å². The summed E-state index contributed by atoms with van der Waals surface area (Å²) in [6.45, 7) is 6.05. The van der Waals surface area contributed by atoms with Crippen LogP contribution in [-0.2, 0) is 10.3 Å². The number of hydrogen-bond acceptors (Lipinski definition) is 4. The molecule has 198 valence electrons. The predicted molar refractivity (Wildman–Crippen MR) is 162 cm³/mol. The van der Waals surface area contributed by atoms with E-state index in [1.807, 2.05) is 93.6 Å². The second-order valence-electron chi connectivity index (χ2n) is 10.3. The lowest BCUT2D eigenvalue weighted by atomic mass is 9.91. The van der Waals surface area contributed by atoms with E-state index in [1.165, 1.54) is 0 Å². The zero-order valence-corrected chi connectivity index (χ0v) is 23.9. The summed E-state index contributed by atoms with van der Waals surface area (Å²) in [4.78, 5) is 32.1. The van der Waals surface area contributed by atoms with Gasteiger partial charge in [-0.05, 0) is 68.1 Å². The van der Waals surface area contributed by atoms with Gasteiger partial charge in [0.1, 0.15) is 0 Å². The van der Waals surface area contributed by atoms with E-state index in [0.717, 1.165) is 32.2 Å². The first-order chi connectivity index (χ1) is 18.7. The maximum Gasteiger partial charge on any atom is 0.251 e. The fraction of sp³-hybridized carbons (Fsp3) is 0.219. The average Bonchev–Trinajstić information content (AvgIpc) is 3.35. The molecule has 0 bridgehead atoms. The molecule has 3 aromatic rings. The fourth-order valence-electron chi connectivity index (χ4n) is 4.88. The first-order valence-electron chi connectivity index (χ1n) is 12.8. The topological polar surface area (TPSA) is 70.6 Å². The molecule has 0 saturated heterocycles. The average molecular weight is 556 g/mol. The lowest BCUT2D eigenvalue weighted by Gasteiger charge is -2.27. The molecule has 0 saturated carbocycles. The van der Waals surface area contributed by atoms with Gasteiger partial charge < -0.3 is 10.6 Å². The van der Waals surface area contributed by atoms with Crippen molar-refractivity contribution in [2.75, 3.05) is 7.05 Å². The highest BCUT2D eigenvalue weighted by molar-refractivity contribution is 8.22. The van der Waals surface area contributed by atoms with E-state index in [1.54, 1.807) is 18.8 Å². The molecule has 1 atom stereocenters. The summed E-state index contributed by atoms with van der Waals surface area (Å²) in [6.07, 6.45) is 2.72. The van der Waals surface area contributed by atoms with Gasteiger partial charge in [-0.1, -0.05) is 78.0 Å². The highest BCUT2D eigenvalue weighted by Crippen LogP contribution is 2.46. The lowest BCUT2D eigenvalue weighted by molar-refractivity contribution is -0.117. The van der Waals surface area contributed by atoms with Crippen LogP contribution in [0, 0.1) is 12.8 Å². The third kappa shape index (κ3) is 5.58. The van der Waals surface area contributed by atoms with Crippen LogP contribution in [0.15, 0.2) is 89.4 Å². The third-order valence-corrected chi connectivity index (χ3v) is 8.55. The molecule has 5 rings (SSSR count). The molecule has 0 spiro atoms. The van der Waals surface area contributed by atoms with Crippen molar-refractivity contribution in [1.82, 2.24) is 10.6 Å². The van der Waals surface area contributed by atoms with Crippen molar-refractivity contribution in [3.8, 4) is 0 Å².